The lowest BCUT2D eigenvalue weighted by atomic mass is 9.98. The summed E-state index contributed by atoms with van der Waals surface area (Å²) >= 11 is 0. The zero-order valence-corrected chi connectivity index (χ0v) is 16.1. The molecule has 0 unspecified atom stereocenters. The number of phenols is 1. The van der Waals surface area contributed by atoms with Gasteiger partial charge in [0.05, 0.1) is 23.7 Å². The molecule has 4 aromatic rings. The fraction of sp³-hybridized carbons (Fsp3) is 0.0417. The molecule has 0 bridgehead atoms. The molecule has 148 valence electrons. The summed E-state index contributed by atoms with van der Waals surface area (Å²) in [5, 5.41) is 9.86. The third kappa shape index (κ3) is 3.71. The number of ether oxygens (including phenoxy) is 1. The monoisotopic (exact) mass is 398 g/mol. The number of aromatic hydroxyl groups is 1. The van der Waals surface area contributed by atoms with Gasteiger partial charge in [0.15, 0.2) is 17.3 Å². The number of hydrogen-bond acceptors (Lipinski definition) is 5. The van der Waals surface area contributed by atoms with Crippen LogP contribution in [0.15, 0.2) is 77.6 Å². The lowest BCUT2D eigenvalue weighted by Crippen LogP contribution is -2.18. The molecule has 0 aliphatic heterocycles. The topological polar surface area (TPSA) is 92.3 Å². The number of aromatic nitrogens is 2. The molecule has 0 spiro atoms. The number of benzene rings is 3. The minimum absolute atomic E-state index is 0.0211. The lowest BCUT2D eigenvalue weighted by molar-refractivity contribution is 0.105. The number of para-hydroxylation sites is 2. The Bertz CT molecular complexity index is 1320. The summed E-state index contributed by atoms with van der Waals surface area (Å²) in [6.07, 6.45) is 1.57. The molecule has 0 saturated carbocycles. The van der Waals surface area contributed by atoms with Crippen molar-refractivity contribution in [1.82, 2.24) is 9.97 Å². The van der Waals surface area contributed by atoms with E-state index in [9.17, 15) is 14.7 Å². The van der Waals surface area contributed by atoms with Crippen LogP contribution in [-0.2, 0) is 0 Å². The number of Topliss-reactive ketones (excluding diaryl/α,β-unsaturated/α-hetero) is 1. The molecule has 0 atom stereocenters. The maximum Gasteiger partial charge on any atom is 0.275 e. The van der Waals surface area contributed by atoms with Crippen LogP contribution in [0.25, 0.3) is 22.7 Å². The maximum absolute atomic E-state index is 13.3. The molecule has 6 nitrogen and oxygen atoms in total. The number of hydrogen-bond donors (Lipinski definition) is 2. The fourth-order valence-corrected chi connectivity index (χ4v) is 3.15. The van der Waals surface area contributed by atoms with Crippen molar-refractivity contribution in [2.45, 2.75) is 0 Å². The Morgan fingerprint density at radius 3 is 2.53 bits per heavy atom. The van der Waals surface area contributed by atoms with Gasteiger partial charge in [0.2, 0.25) is 0 Å². The Morgan fingerprint density at radius 1 is 1.03 bits per heavy atom. The van der Waals surface area contributed by atoms with E-state index in [1.165, 1.54) is 13.2 Å². The van der Waals surface area contributed by atoms with Crippen LogP contribution in [-0.4, -0.2) is 28.0 Å². The van der Waals surface area contributed by atoms with Crippen molar-refractivity contribution < 1.29 is 14.6 Å². The van der Waals surface area contributed by atoms with Crippen molar-refractivity contribution in [1.29, 1.82) is 0 Å². The van der Waals surface area contributed by atoms with E-state index in [1.807, 2.05) is 12.1 Å². The van der Waals surface area contributed by atoms with E-state index >= 15 is 0 Å². The second kappa shape index (κ2) is 8.05. The lowest BCUT2D eigenvalue weighted by Gasteiger charge is -2.09. The average Bonchev–Trinajstić information content (AvgIpc) is 2.78. The molecule has 6 heteroatoms. The summed E-state index contributed by atoms with van der Waals surface area (Å²) in [4.78, 5) is 33.4. The molecule has 0 aliphatic rings. The van der Waals surface area contributed by atoms with Gasteiger partial charge in [-0.2, -0.15) is 0 Å². The number of nitrogens with one attached hydrogen (secondary N) is 1. The number of fused-ring (bicyclic) bond motifs is 1. The number of ketones is 1. The highest BCUT2D eigenvalue weighted by Crippen LogP contribution is 2.29. The smallest absolute Gasteiger partial charge is 0.275 e. The number of rotatable bonds is 5. The number of carbonyl (C=O) groups excluding carboxylic acids is 1. The minimum atomic E-state index is -0.463. The van der Waals surface area contributed by atoms with Gasteiger partial charge in [-0.05, 0) is 35.9 Å². The molecule has 30 heavy (non-hydrogen) atoms. The molecule has 4 rings (SSSR count). The maximum atomic E-state index is 13.3. The number of nitrogens with zero attached hydrogens (tertiary/aromatic N) is 1. The van der Waals surface area contributed by atoms with Gasteiger partial charge >= 0.3 is 0 Å². The van der Waals surface area contributed by atoms with E-state index in [1.54, 1.807) is 60.7 Å². The first-order valence-electron chi connectivity index (χ1n) is 9.24. The largest absolute Gasteiger partial charge is 0.504 e. The minimum Gasteiger partial charge on any atom is -0.504 e. The van der Waals surface area contributed by atoms with Crippen LogP contribution in [0, 0.1) is 0 Å². The first kappa shape index (κ1) is 19.1. The van der Waals surface area contributed by atoms with Crippen LogP contribution in [0.2, 0.25) is 0 Å². The normalized spacial score (nSPS) is 11.4. The highest BCUT2D eigenvalue weighted by molar-refractivity contribution is 6.32. The van der Waals surface area contributed by atoms with Gasteiger partial charge in [-0.3, -0.25) is 9.59 Å². The third-order valence-corrected chi connectivity index (χ3v) is 4.65. The van der Waals surface area contributed by atoms with E-state index in [-0.39, 0.29) is 28.5 Å². The van der Waals surface area contributed by atoms with Crippen LogP contribution in [0.3, 0.4) is 0 Å². The Morgan fingerprint density at radius 2 is 1.77 bits per heavy atom. The van der Waals surface area contributed by atoms with Crippen molar-refractivity contribution in [3.05, 3.63) is 100.0 Å². The van der Waals surface area contributed by atoms with Gasteiger partial charge in [0, 0.05) is 5.56 Å². The zero-order chi connectivity index (χ0) is 21.1. The third-order valence-electron chi connectivity index (χ3n) is 4.65. The SMILES string of the molecule is COc1cc(/C=C(/C(=O)c2ccccc2)c2nc3ccccc3[nH]c2=O)ccc1O. The number of allylic oxidation sites excluding steroid dienone is 1. The molecular formula is C24H18N2O4. The van der Waals surface area contributed by atoms with Crippen molar-refractivity contribution in [2.75, 3.05) is 7.11 Å². The van der Waals surface area contributed by atoms with Crippen LogP contribution in [0.1, 0.15) is 21.6 Å². The van der Waals surface area contributed by atoms with Gasteiger partial charge in [-0.1, -0.05) is 48.5 Å². The number of H-pyrrole nitrogens is 1. The van der Waals surface area contributed by atoms with Gasteiger partial charge in [0.25, 0.3) is 5.56 Å². The molecule has 2 N–H and O–H groups in total. The summed E-state index contributed by atoms with van der Waals surface area (Å²) in [6.45, 7) is 0. The molecule has 0 amide bonds. The van der Waals surface area contributed by atoms with E-state index < -0.39 is 5.56 Å². The summed E-state index contributed by atoms with van der Waals surface area (Å²) in [6, 6.07) is 20.5. The Balaban J connectivity index is 1.94. The van der Waals surface area contributed by atoms with Gasteiger partial charge in [0.1, 0.15) is 5.69 Å². The summed E-state index contributed by atoms with van der Waals surface area (Å²) in [7, 11) is 1.44. The van der Waals surface area contributed by atoms with E-state index in [2.05, 4.69) is 9.97 Å². The predicted molar refractivity (Wildman–Crippen MR) is 116 cm³/mol. The van der Waals surface area contributed by atoms with Crippen LogP contribution in [0.5, 0.6) is 11.5 Å². The predicted octanol–water partition coefficient (Wildman–Crippen LogP) is 4.06. The van der Waals surface area contributed by atoms with Crippen molar-refractivity contribution >= 4 is 28.5 Å². The molecule has 1 heterocycles. The van der Waals surface area contributed by atoms with E-state index in [0.717, 1.165) is 0 Å². The van der Waals surface area contributed by atoms with Crippen LogP contribution in [0.4, 0.5) is 0 Å². The Labute approximate surface area is 172 Å². The van der Waals surface area contributed by atoms with Crippen molar-refractivity contribution in [3.8, 4) is 11.5 Å². The first-order valence-corrected chi connectivity index (χ1v) is 9.24. The molecule has 0 saturated heterocycles. The second-order valence-corrected chi connectivity index (χ2v) is 6.62. The molecule has 0 fully saturated rings. The first-order chi connectivity index (χ1) is 14.6. The number of methoxy groups -OCH3 is 1. The van der Waals surface area contributed by atoms with Gasteiger partial charge < -0.3 is 14.8 Å². The fourth-order valence-electron chi connectivity index (χ4n) is 3.15. The summed E-state index contributed by atoms with van der Waals surface area (Å²) in [5.41, 5.74) is 1.87. The standard InChI is InChI=1S/C24H18N2O4/c1-30-21-14-15(11-12-20(21)27)13-17(23(28)16-7-3-2-4-8-16)22-24(29)26-19-10-6-5-9-18(19)25-22/h2-14,27H,1H3,(H,26,29)/b17-13+. The zero-order valence-electron chi connectivity index (χ0n) is 16.1. The molecular weight excluding hydrogens is 380 g/mol. The Kier molecular flexibility index (Phi) is 5.13. The number of phenolic OH excluding ortho intramolecular Hbond substituents is 1. The van der Waals surface area contributed by atoms with E-state index in [0.29, 0.717) is 22.2 Å². The highest BCUT2D eigenvalue weighted by atomic mass is 16.5. The second-order valence-electron chi connectivity index (χ2n) is 6.62. The Hall–Kier alpha value is -4.19. The van der Waals surface area contributed by atoms with Gasteiger partial charge in [-0.25, -0.2) is 4.98 Å². The van der Waals surface area contributed by atoms with Crippen molar-refractivity contribution in [2.24, 2.45) is 0 Å². The molecule has 0 aliphatic carbocycles. The van der Waals surface area contributed by atoms with E-state index in [4.69, 9.17) is 4.74 Å². The molecule has 3 aromatic carbocycles. The van der Waals surface area contributed by atoms with Crippen LogP contribution >= 0.6 is 0 Å². The quantitative estimate of drug-likeness (QED) is 0.391. The number of carbonyl (C=O) groups is 1. The van der Waals surface area contributed by atoms with Gasteiger partial charge in [-0.15, -0.1) is 0 Å². The highest BCUT2D eigenvalue weighted by Gasteiger charge is 2.20. The van der Waals surface area contributed by atoms with Crippen LogP contribution < -0.4 is 10.3 Å². The summed E-state index contributed by atoms with van der Waals surface area (Å²) < 4.78 is 5.15. The summed E-state index contributed by atoms with van der Waals surface area (Å²) in [5.74, 6) is -0.0983. The molecule has 1 aromatic heterocycles. The van der Waals surface area contributed by atoms with Crippen molar-refractivity contribution in [3.63, 3.8) is 0 Å². The average molecular weight is 398 g/mol. The molecule has 0 radical (unpaired) electrons. The number of aromatic amines is 1.